The maximum absolute atomic E-state index is 13.6. The maximum Gasteiger partial charge on any atom is 0.363 e. The topological polar surface area (TPSA) is 38.7 Å². The molecule has 0 N–H and O–H groups in total. The van der Waals surface area contributed by atoms with Crippen molar-refractivity contribution in [2.75, 3.05) is 0 Å². The van der Waals surface area contributed by atoms with Gasteiger partial charge < -0.3 is 4.74 Å². The van der Waals surface area contributed by atoms with Gasteiger partial charge in [0.1, 0.15) is 5.82 Å². The van der Waals surface area contributed by atoms with Crippen molar-refractivity contribution < 1.29 is 13.9 Å². The van der Waals surface area contributed by atoms with E-state index in [0.717, 1.165) is 11.1 Å². The molecule has 0 saturated heterocycles. The average Bonchev–Trinajstić information content (AvgIpc) is 2.89. The Balaban J connectivity index is 1.74. The van der Waals surface area contributed by atoms with Gasteiger partial charge in [-0.1, -0.05) is 42.5 Å². The Bertz CT molecular complexity index is 809. The molecule has 1 aliphatic rings. The van der Waals surface area contributed by atoms with Crippen LogP contribution in [0.4, 0.5) is 4.39 Å². The first kappa shape index (κ1) is 15.2. The van der Waals surface area contributed by atoms with Crippen molar-refractivity contribution in [2.45, 2.75) is 19.8 Å². The number of hydrogen-bond donors (Lipinski definition) is 0. The van der Waals surface area contributed by atoms with E-state index < -0.39 is 5.97 Å². The molecule has 0 atom stereocenters. The minimum absolute atomic E-state index is 0.256. The molecule has 0 bridgehead atoms. The van der Waals surface area contributed by atoms with E-state index in [1.165, 1.54) is 6.07 Å². The third-order valence-corrected chi connectivity index (χ3v) is 3.71. The van der Waals surface area contributed by atoms with E-state index in [1.54, 1.807) is 24.3 Å². The van der Waals surface area contributed by atoms with Crippen LogP contribution in [0.25, 0.3) is 6.08 Å². The second-order valence-electron chi connectivity index (χ2n) is 5.37. The second kappa shape index (κ2) is 6.57. The lowest BCUT2D eigenvalue weighted by atomic mass is 10.1. The molecule has 2 aromatic carbocycles. The minimum Gasteiger partial charge on any atom is -0.407 e. The number of ether oxygens (including phenoxy) is 1. The Morgan fingerprint density at radius 2 is 1.83 bits per heavy atom. The minimum atomic E-state index is -0.461. The van der Waals surface area contributed by atoms with Gasteiger partial charge in [-0.05, 0) is 42.2 Å². The van der Waals surface area contributed by atoms with Gasteiger partial charge in [-0.15, -0.1) is 0 Å². The number of benzene rings is 2. The van der Waals surface area contributed by atoms with Crippen LogP contribution >= 0.6 is 0 Å². The van der Waals surface area contributed by atoms with Crippen molar-refractivity contribution in [1.82, 2.24) is 0 Å². The Morgan fingerprint density at radius 3 is 2.61 bits per heavy atom. The zero-order valence-electron chi connectivity index (χ0n) is 12.8. The van der Waals surface area contributed by atoms with E-state index in [-0.39, 0.29) is 11.5 Å². The molecule has 0 spiro atoms. The van der Waals surface area contributed by atoms with Crippen molar-refractivity contribution in [3.8, 4) is 0 Å². The number of aliphatic imine (C=N–C) groups is 1. The van der Waals surface area contributed by atoms with Crippen molar-refractivity contribution >= 4 is 17.9 Å². The van der Waals surface area contributed by atoms with Crippen molar-refractivity contribution in [1.29, 1.82) is 0 Å². The fraction of sp³-hybridized carbons (Fsp3) is 0.158. The summed E-state index contributed by atoms with van der Waals surface area (Å²) in [7, 11) is 0. The molecule has 1 aliphatic heterocycles. The van der Waals surface area contributed by atoms with E-state index >= 15 is 0 Å². The molecule has 23 heavy (non-hydrogen) atoms. The quantitative estimate of drug-likeness (QED) is 0.631. The Morgan fingerprint density at radius 1 is 1.09 bits per heavy atom. The highest BCUT2D eigenvalue weighted by molar-refractivity contribution is 6.07. The summed E-state index contributed by atoms with van der Waals surface area (Å²) in [5.41, 5.74) is 2.85. The van der Waals surface area contributed by atoms with Crippen molar-refractivity contribution in [3.63, 3.8) is 0 Å². The molecular weight excluding hydrogens is 293 g/mol. The predicted octanol–water partition coefficient (Wildman–Crippen LogP) is 4.06. The fourth-order valence-corrected chi connectivity index (χ4v) is 2.40. The number of cyclic esters (lactones) is 1. The zero-order chi connectivity index (χ0) is 16.2. The Hall–Kier alpha value is -2.75. The van der Waals surface area contributed by atoms with Crippen LogP contribution in [0.1, 0.15) is 23.1 Å². The molecule has 0 fully saturated rings. The monoisotopic (exact) mass is 309 g/mol. The molecule has 0 aromatic heterocycles. The number of aryl methyl sites for hydroxylation is 2. The smallest absolute Gasteiger partial charge is 0.363 e. The summed E-state index contributed by atoms with van der Waals surface area (Å²) in [4.78, 5) is 16.1. The van der Waals surface area contributed by atoms with Gasteiger partial charge >= 0.3 is 5.97 Å². The van der Waals surface area contributed by atoms with Gasteiger partial charge in [0.2, 0.25) is 0 Å². The van der Waals surface area contributed by atoms with Crippen LogP contribution in [0.2, 0.25) is 0 Å². The summed E-state index contributed by atoms with van der Waals surface area (Å²) < 4.78 is 18.8. The number of halogens is 1. The highest BCUT2D eigenvalue weighted by Crippen LogP contribution is 2.20. The van der Waals surface area contributed by atoms with Gasteiger partial charge in [-0.2, -0.15) is 0 Å². The molecule has 3 rings (SSSR count). The van der Waals surface area contributed by atoms with Crippen LogP contribution < -0.4 is 0 Å². The summed E-state index contributed by atoms with van der Waals surface area (Å²) in [6.45, 7) is 1.97. The molecule has 4 heteroatoms. The normalized spacial score (nSPS) is 15.7. The molecule has 0 aliphatic carbocycles. The molecule has 0 amide bonds. The molecule has 1 heterocycles. The molecule has 116 valence electrons. The molecule has 0 radical (unpaired) electrons. The lowest BCUT2D eigenvalue weighted by Gasteiger charge is -2.01. The van der Waals surface area contributed by atoms with Crippen LogP contribution in [0.5, 0.6) is 0 Å². The summed E-state index contributed by atoms with van der Waals surface area (Å²) in [5.74, 6) is -0.386. The summed E-state index contributed by atoms with van der Waals surface area (Å²) in [6, 6.07) is 14.3. The molecule has 2 aromatic rings. The van der Waals surface area contributed by atoms with Crippen LogP contribution in [0.3, 0.4) is 0 Å². The highest BCUT2D eigenvalue weighted by Gasteiger charge is 2.23. The first-order chi connectivity index (χ1) is 11.1. The number of rotatable bonds is 4. The van der Waals surface area contributed by atoms with Gasteiger partial charge in [0.05, 0.1) is 0 Å². The third kappa shape index (κ3) is 3.54. The molecule has 0 saturated carbocycles. The van der Waals surface area contributed by atoms with Crippen LogP contribution in [0, 0.1) is 12.7 Å². The van der Waals surface area contributed by atoms with E-state index in [4.69, 9.17) is 4.74 Å². The van der Waals surface area contributed by atoms with E-state index in [2.05, 4.69) is 4.99 Å². The van der Waals surface area contributed by atoms with Gasteiger partial charge in [-0.3, -0.25) is 0 Å². The van der Waals surface area contributed by atoms with Gasteiger partial charge in [0.25, 0.3) is 0 Å². The molecular formula is C19H16FNO2. The highest BCUT2D eigenvalue weighted by atomic mass is 19.1. The summed E-state index contributed by atoms with van der Waals surface area (Å²) in [5, 5.41) is 0. The van der Waals surface area contributed by atoms with E-state index in [0.29, 0.717) is 24.3 Å². The zero-order valence-corrected chi connectivity index (χ0v) is 12.8. The Labute approximate surface area is 134 Å². The molecule has 0 unspecified atom stereocenters. The van der Waals surface area contributed by atoms with Gasteiger partial charge in [0.15, 0.2) is 11.6 Å². The predicted molar refractivity (Wildman–Crippen MR) is 87.4 cm³/mol. The lowest BCUT2D eigenvalue weighted by molar-refractivity contribution is -0.130. The van der Waals surface area contributed by atoms with Gasteiger partial charge in [-0.25, -0.2) is 14.2 Å². The standard InChI is InChI=1S/C19H16FNO2/c1-13-6-2-3-8-15(13)12-17-19(22)23-18(21-17)11-10-14-7-4-5-9-16(14)20/h2-9,12H,10-11H2,1H3/b17-12-. The van der Waals surface area contributed by atoms with Crippen molar-refractivity contribution in [3.05, 3.63) is 76.7 Å². The first-order valence-electron chi connectivity index (χ1n) is 7.44. The lowest BCUT2D eigenvalue weighted by Crippen LogP contribution is -2.05. The van der Waals surface area contributed by atoms with E-state index in [9.17, 15) is 9.18 Å². The third-order valence-electron chi connectivity index (χ3n) is 3.71. The number of carbonyl (C=O) groups excluding carboxylic acids is 1. The fourth-order valence-electron chi connectivity index (χ4n) is 2.40. The van der Waals surface area contributed by atoms with Crippen LogP contribution in [-0.4, -0.2) is 11.9 Å². The second-order valence-corrected chi connectivity index (χ2v) is 5.37. The van der Waals surface area contributed by atoms with Gasteiger partial charge in [0, 0.05) is 6.42 Å². The number of hydrogen-bond acceptors (Lipinski definition) is 3. The number of carbonyl (C=O) groups is 1. The Kier molecular flexibility index (Phi) is 4.33. The molecule has 3 nitrogen and oxygen atoms in total. The largest absolute Gasteiger partial charge is 0.407 e. The number of nitrogens with zero attached hydrogens (tertiary/aromatic N) is 1. The van der Waals surface area contributed by atoms with E-state index in [1.807, 2.05) is 31.2 Å². The first-order valence-corrected chi connectivity index (χ1v) is 7.44. The SMILES string of the molecule is Cc1ccccc1/C=C1\N=C(CCc2ccccc2F)OC1=O. The maximum atomic E-state index is 13.6. The summed E-state index contributed by atoms with van der Waals surface area (Å²) >= 11 is 0. The number of esters is 1. The van der Waals surface area contributed by atoms with Crippen molar-refractivity contribution in [2.24, 2.45) is 4.99 Å². The van der Waals surface area contributed by atoms with Crippen LogP contribution in [0.15, 0.2) is 59.2 Å². The van der Waals surface area contributed by atoms with Crippen LogP contribution in [-0.2, 0) is 16.0 Å². The summed E-state index contributed by atoms with van der Waals surface area (Å²) in [6.07, 6.45) is 2.54. The average molecular weight is 309 g/mol.